The number of carbonyl (C=O) groups is 2. The molecule has 0 aliphatic heterocycles. The van der Waals surface area contributed by atoms with Crippen molar-refractivity contribution in [3.8, 4) is 5.75 Å². The van der Waals surface area contributed by atoms with Crippen molar-refractivity contribution in [3.63, 3.8) is 0 Å². The highest BCUT2D eigenvalue weighted by Gasteiger charge is 2.33. The number of likely N-dealkylation sites (N-methyl/N-ethyl adjacent to an activating group) is 1. The maximum Gasteiger partial charge on any atom is 0.270 e. The van der Waals surface area contributed by atoms with Crippen LogP contribution in [0.25, 0.3) is 0 Å². The molecule has 0 aromatic heterocycles. The molecule has 0 radical (unpaired) electrons. The fourth-order valence-electron chi connectivity index (χ4n) is 3.45. The molecule has 0 heterocycles. The summed E-state index contributed by atoms with van der Waals surface area (Å²) in [5.74, 6) is 0.684. The Morgan fingerprint density at radius 2 is 1.60 bits per heavy atom. The minimum absolute atomic E-state index is 0.164. The number of rotatable bonds is 9. The van der Waals surface area contributed by atoms with Crippen LogP contribution in [-0.4, -0.2) is 34.8 Å². The van der Waals surface area contributed by atoms with Crippen LogP contribution in [0.5, 0.6) is 5.75 Å². The van der Waals surface area contributed by atoms with Crippen LogP contribution in [0.3, 0.4) is 0 Å². The molecule has 3 aromatic rings. The Labute approximate surface area is 214 Å². The van der Waals surface area contributed by atoms with Gasteiger partial charge in [0.25, 0.3) is 5.91 Å². The molecule has 8 heteroatoms. The van der Waals surface area contributed by atoms with Gasteiger partial charge in [0.2, 0.25) is 5.91 Å². The lowest BCUT2D eigenvalue weighted by molar-refractivity contribution is -0.131. The van der Waals surface area contributed by atoms with Crippen LogP contribution in [0.1, 0.15) is 26.3 Å². The van der Waals surface area contributed by atoms with Crippen LogP contribution < -0.4 is 15.0 Å². The highest BCUT2D eigenvalue weighted by Crippen LogP contribution is 2.25. The van der Waals surface area contributed by atoms with Crippen LogP contribution in [0, 0.1) is 0 Å². The van der Waals surface area contributed by atoms with E-state index in [1.165, 1.54) is 4.90 Å². The molecular weight excluding hydrogens is 484 g/mol. The predicted molar refractivity (Wildman–Crippen MR) is 142 cm³/mol. The lowest BCUT2D eigenvalue weighted by Crippen LogP contribution is -2.47. The summed E-state index contributed by atoms with van der Waals surface area (Å²) in [5, 5.41) is 3.45. The first-order chi connectivity index (χ1) is 16.6. The van der Waals surface area contributed by atoms with E-state index in [9.17, 15) is 14.1 Å². The van der Waals surface area contributed by atoms with Gasteiger partial charge in [-0.1, -0.05) is 23.7 Å². The van der Waals surface area contributed by atoms with E-state index in [2.05, 4.69) is 5.32 Å². The van der Waals surface area contributed by atoms with Gasteiger partial charge >= 0.3 is 0 Å². The molecule has 184 valence electrons. The second kappa shape index (κ2) is 11.6. The van der Waals surface area contributed by atoms with Gasteiger partial charge in [-0.3, -0.25) is 9.59 Å². The number of amides is 2. The van der Waals surface area contributed by atoms with E-state index < -0.39 is 16.8 Å². The van der Waals surface area contributed by atoms with Gasteiger partial charge in [0.15, 0.2) is 10.5 Å². The van der Waals surface area contributed by atoms with E-state index in [1.807, 2.05) is 19.1 Å². The van der Waals surface area contributed by atoms with Gasteiger partial charge in [-0.15, -0.1) is 0 Å². The largest absolute Gasteiger partial charge is 0.611 e. The highest BCUT2D eigenvalue weighted by atomic mass is 35.5. The van der Waals surface area contributed by atoms with Gasteiger partial charge in [0.05, 0.1) is 6.42 Å². The fourth-order valence-corrected chi connectivity index (χ4v) is 4.35. The Bertz CT molecular complexity index is 1150. The van der Waals surface area contributed by atoms with Crippen molar-refractivity contribution in [2.75, 3.05) is 23.0 Å². The van der Waals surface area contributed by atoms with E-state index in [1.54, 1.807) is 81.6 Å². The third-order valence-corrected chi connectivity index (χ3v) is 6.93. The predicted octanol–water partition coefficient (Wildman–Crippen LogP) is 5.47. The number of benzene rings is 3. The molecule has 0 saturated heterocycles. The molecule has 35 heavy (non-hydrogen) atoms. The van der Waals surface area contributed by atoms with E-state index in [4.69, 9.17) is 16.3 Å². The summed E-state index contributed by atoms with van der Waals surface area (Å²) in [4.78, 5) is 27.7. The second-order valence-corrected chi connectivity index (χ2v) is 10.7. The number of carbonyl (C=O) groups excluding carboxylic acids is 2. The average molecular weight is 513 g/mol. The Morgan fingerprint density at radius 1 is 1.00 bits per heavy atom. The molecule has 3 aromatic carbocycles. The van der Waals surface area contributed by atoms with E-state index in [0.717, 1.165) is 10.5 Å². The maximum atomic E-state index is 13.0. The maximum absolute atomic E-state index is 13.0. The first-order valence-corrected chi connectivity index (χ1v) is 12.9. The van der Waals surface area contributed by atoms with Crippen LogP contribution in [0.4, 0.5) is 11.4 Å². The summed E-state index contributed by atoms with van der Waals surface area (Å²) in [6.45, 7) is 5.28. The monoisotopic (exact) mass is 512 g/mol. The Balaban J connectivity index is 1.57. The first-order valence-electron chi connectivity index (χ1n) is 11.2. The molecule has 0 fully saturated rings. The normalized spacial score (nSPS) is 12.1. The second-order valence-electron chi connectivity index (χ2n) is 8.48. The van der Waals surface area contributed by atoms with Gasteiger partial charge < -0.3 is 19.5 Å². The van der Waals surface area contributed by atoms with E-state index in [0.29, 0.717) is 27.9 Å². The van der Waals surface area contributed by atoms with E-state index in [-0.39, 0.29) is 18.2 Å². The molecule has 1 atom stereocenters. The van der Waals surface area contributed by atoms with Crippen LogP contribution in [0.15, 0.2) is 77.7 Å². The number of ether oxygens (including phenoxy) is 1. The van der Waals surface area contributed by atoms with Crippen molar-refractivity contribution < 1.29 is 18.9 Å². The Kier molecular flexibility index (Phi) is 8.83. The highest BCUT2D eigenvalue weighted by molar-refractivity contribution is 7.91. The Morgan fingerprint density at radius 3 is 2.17 bits per heavy atom. The molecule has 0 bridgehead atoms. The minimum Gasteiger partial charge on any atom is -0.611 e. The third kappa shape index (κ3) is 7.24. The smallest absolute Gasteiger partial charge is 0.270 e. The number of anilines is 2. The van der Waals surface area contributed by atoms with Crippen molar-refractivity contribution in [1.29, 1.82) is 0 Å². The molecule has 0 aliphatic rings. The number of nitrogens with one attached hydrogen (secondary N) is 1. The molecule has 3 rings (SSSR count). The lowest BCUT2D eigenvalue weighted by Gasteiger charge is -2.30. The van der Waals surface area contributed by atoms with Crippen molar-refractivity contribution in [1.82, 2.24) is 0 Å². The fraction of sp³-hybridized carbons (Fsp3) is 0.259. The minimum atomic E-state index is -1.12. The summed E-state index contributed by atoms with van der Waals surface area (Å²) >= 11 is 4.92. The molecular formula is C27H29ClN2O4S. The zero-order valence-corrected chi connectivity index (χ0v) is 21.8. The summed E-state index contributed by atoms with van der Waals surface area (Å²) in [6.07, 6.45) is 0.204. The van der Waals surface area contributed by atoms with Gasteiger partial charge in [-0.2, -0.15) is 0 Å². The van der Waals surface area contributed by atoms with E-state index >= 15 is 0 Å². The van der Waals surface area contributed by atoms with Crippen molar-refractivity contribution in [2.45, 2.75) is 37.7 Å². The molecule has 0 saturated carbocycles. The van der Waals surface area contributed by atoms with Crippen molar-refractivity contribution in [3.05, 3.63) is 83.4 Å². The van der Waals surface area contributed by atoms with Gasteiger partial charge in [0, 0.05) is 23.4 Å². The lowest BCUT2D eigenvalue weighted by atomic mass is 10.1. The average Bonchev–Trinajstić information content (AvgIpc) is 2.84. The van der Waals surface area contributed by atoms with Gasteiger partial charge in [-0.25, -0.2) is 0 Å². The summed E-state index contributed by atoms with van der Waals surface area (Å²) in [7, 11) is 1.69. The molecule has 0 spiro atoms. The Hall–Kier alpha value is -3.00. The van der Waals surface area contributed by atoms with Crippen LogP contribution >= 0.6 is 11.6 Å². The van der Waals surface area contributed by atoms with Gasteiger partial charge in [-0.05, 0) is 98.2 Å². The number of halogens is 1. The zero-order chi connectivity index (χ0) is 25.6. The topological polar surface area (TPSA) is 81.7 Å². The van der Waals surface area contributed by atoms with Crippen LogP contribution in [0.2, 0.25) is 5.02 Å². The first kappa shape index (κ1) is 26.6. The summed E-state index contributed by atoms with van der Waals surface area (Å²) in [5.41, 5.74) is 1.05. The number of nitrogens with zero attached hydrogens (tertiary/aromatic N) is 1. The van der Waals surface area contributed by atoms with Gasteiger partial charge in [0.1, 0.15) is 11.5 Å². The number of hydrogen-bond donors (Lipinski definition) is 1. The standard InChI is InChI=1S/C27H29ClN2O4S/c1-5-35(33)24-16-6-19(7-17-24)18-25(31)29-21-10-14-23(15-11-21)34-27(2,3)26(32)30(4)22-12-8-20(28)9-13-22/h6-17H,5,18H2,1-4H3,(H,29,31). The number of hydrogen-bond acceptors (Lipinski definition) is 4. The SMILES string of the molecule is CC[S+]([O-])c1ccc(CC(=O)Nc2ccc(OC(C)(C)C(=O)N(C)c3ccc(Cl)cc3)cc2)cc1. The molecule has 1 unspecified atom stereocenters. The zero-order valence-electron chi connectivity index (χ0n) is 20.2. The summed E-state index contributed by atoms with van der Waals surface area (Å²) < 4.78 is 17.8. The molecule has 1 N–H and O–H groups in total. The third-order valence-electron chi connectivity index (χ3n) is 5.36. The summed E-state index contributed by atoms with van der Waals surface area (Å²) in [6, 6.07) is 21.1. The molecule has 6 nitrogen and oxygen atoms in total. The van der Waals surface area contributed by atoms with Crippen molar-refractivity contribution >= 4 is 46.0 Å². The quantitative estimate of drug-likeness (QED) is 0.385. The molecule has 0 aliphatic carbocycles. The molecule has 2 amide bonds. The van der Waals surface area contributed by atoms with Crippen molar-refractivity contribution in [2.24, 2.45) is 0 Å². The van der Waals surface area contributed by atoms with Crippen LogP contribution in [-0.2, 0) is 27.2 Å².